The number of piperidine rings is 1. The van der Waals surface area contributed by atoms with Gasteiger partial charge in [0, 0.05) is 32.9 Å². The highest BCUT2D eigenvalue weighted by atomic mass is 79.9. The number of nitrogens with one attached hydrogen (secondary N) is 1. The molecule has 4 heteroatoms. The fourth-order valence-corrected chi connectivity index (χ4v) is 5.17. The zero-order chi connectivity index (χ0) is 13.4. The summed E-state index contributed by atoms with van der Waals surface area (Å²) in [6, 6.07) is 4.43. The van der Waals surface area contributed by atoms with Crippen LogP contribution in [0.4, 0.5) is 0 Å². The molecular formula is C15H23BrN2S. The lowest BCUT2D eigenvalue weighted by atomic mass is 9.91. The summed E-state index contributed by atoms with van der Waals surface area (Å²) in [6.45, 7) is 3.46. The van der Waals surface area contributed by atoms with Gasteiger partial charge in [0.25, 0.3) is 0 Å². The Labute approximate surface area is 128 Å². The Morgan fingerprint density at radius 3 is 2.68 bits per heavy atom. The van der Waals surface area contributed by atoms with Gasteiger partial charge in [-0.05, 0) is 74.1 Å². The van der Waals surface area contributed by atoms with Gasteiger partial charge in [-0.1, -0.05) is 0 Å². The molecule has 3 unspecified atom stereocenters. The molecule has 0 aliphatic carbocycles. The highest BCUT2D eigenvalue weighted by molar-refractivity contribution is 9.10. The molecule has 3 heterocycles. The molecule has 0 aromatic carbocycles. The Kier molecular flexibility index (Phi) is 4.32. The van der Waals surface area contributed by atoms with E-state index in [2.05, 4.69) is 51.6 Å². The lowest BCUT2D eigenvalue weighted by Crippen LogP contribution is -2.42. The topological polar surface area (TPSA) is 15.3 Å². The van der Waals surface area contributed by atoms with Crippen molar-refractivity contribution < 1.29 is 0 Å². The highest BCUT2D eigenvalue weighted by Gasteiger charge is 2.38. The molecule has 2 nitrogen and oxygen atoms in total. The van der Waals surface area contributed by atoms with E-state index < -0.39 is 0 Å². The summed E-state index contributed by atoms with van der Waals surface area (Å²) in [5.41, 5.74) is 0. The summed E-state index contributed by atoms with van der Waals surface area (Å²) in [6.07, 6.45) is 5.62. The number of hydrogen-bond donors (Lipinski definition) is 1. The molecule has 1 aromatic heterocycles. The van der Waals surface area contributed by atoms with Gasteiger partial charge in [0.05, 0.1) is 0 Å². The van der Waals surface area contributed by atoms with Gasteiger partial charge in [0.15, 0.2) is 0 Å². The summed E-state index contributed by atoms with van der Waals surface area (Å²) in [5.74, 6) is 0.875. The monoisotopic (exact) mass is 342 g/mol. The lowest BCUT2D eigenvalue weighted by Gasteiger charge is -2.36. The molecule has 0 radical (unpaired) electrons. The molecule has 3 rings (SSSR count). The standard InChI is InChI=1S/C15H23BrN2S/c1-10(15-7-12(16)9-19-15)17-8-11-5-13-3-4-14(6-11)18(13)2/h7,9-11,13-14,17H,3-6,8H2,1-2H3. The molecule has 1 aromatic rings. The number of hydrogen-bond acceptors (Lipinski definition) is 3. The van der Waals surface area contributed by atoms with Crippen LogP contribution in [0.15, 0.2) is 15.9 Å². The Balaban J connectivity index is 1.50. The third kappa shape index (κ3) is 3.07. The zero-order valence-electron chi connectivity index (χ0n) is 11.7. The van der Waals surface area contributed by atoms with E-state index in [1.54, 1.807) is 0 Å². The van der Waals surface area contributed by atoms with Crippen molar-refractivity contribution in [2.45, 2.75) is 50.7 Å². The van der Waals surface area contributed by atoms with E-state index in [9.17, 15) is 0 Å². The first kappa shape index (κ1) is 14.1. The summed E-state index contributed by atoms with van der Waals surface area (Å²) >= 11 is 5.38. The molecular weight excluding hydrogens is 320 g/mol. The molecule has 1 N–H and O–H groups in total. The molecule has 3 atom stereocenters. The van der Waals surface area contributed by atoms with E-state index >= 15 is 0 Å². The average Bonchev–Trinajstić information content (AvgIpc) is 2.88. The van der Waals surface area contributed by atoms with E-state index in [1.807, 2.05) is 11.3 Å². The van der Waals surface area contributed by atoms with Crippen molar-refractivity contribution in [2.24, 2.45) is 5.92 Å². The van der Waals surface area contributed by atoms with Crippen LogP contribution in [0.1, 0.15) is 43.5 Å². The van der Waals surface area contributed by atoms with Crippen LogP contribution >= 0.6 is 27.3 Å². The van der Waals surface area contributed by atoms with Crippen LogP contribution in [0.5, 0.6) is 0 Å². The van der Waals surface area contributed by atoms with Crippen LogP contribution in [0, 0.1) is 5.92 Å². The summed E-state index contributed by atoms with van der Waals surface area (Å²) in [7, 11) is 2.32. The first-order chi connectivity index (χ1) is 9.13. The van der Waals surface area contributed by atoms with Gasteiger partial charge in [-0.25, -0.2) is 0 Å². The van der Waals surface area contributed by atoms with Crippen LogP contribution in [-0.4, -0.2) is 30.6 Å². The molecule has 2 fully saturated rings. The van der Waals surface area contributed by atoms with Crippen molar-refractivity contribution in [3.8, 4) is 0 Å². The number of fused-ring (bicyclic) bond motifs is 2. The van der Waals surface area contributed by atoms with Gasteiger partial charge in [-0.2, -0.15) is 0 Å². The maximum Gasteiger partial charge on any atom is 0.0386 e. The highest BCUT2D eigenvalue weighted by Crippen LogP contribution is 2.37. The number of halogens is 1. The van der Waals surface area contributed by atoms with Crippen LogP contribution in [0.25, 0.3) is 0 Å². The molecule has 2 bridgehead atoms. The van der Waals surface area contributed by atoms with E-state index in [0.717, 1.165) is 18.0 Å². The van der Waals surface area contributed by atoms with Gasteiger partial charge in [0.2, 0.25) is 0 Å². The second kappa shape index (κ2) is 5.84. The summed E-state index contributed by atoms with van der Waals surface area (Å²) < 4.78 is 1.21. The fraction of sp³-hybridized carbons (Fsp3) is 0.733. The van der Waals surface area contributed by atoms with Gasteiger partial charge in [-0.3, -0.25) is 0 Å². The average molecular weight is 343 g/mol. The van der Waals surface area contributed by atoms with Crippen LogP contribution in [0.3, 0.4) is 0 Å². The van der Waals surface area contributed by atoms with Gasteiger partial charge in [-0.15, -0.1) is 11.3 Å². The Bertz CT molecular complexity index is 420. The maximum absolute atomic E-state index is 3.74. The second-order valence-corrected chi connectivity index (χ2v) is 8.04. The molecule has 19 heavy (non-hydrogen) atoms. The minimum absolute atomic E-state index is 0.480. The fourth-order valence-electron chi connectivity index (χ4n) is 3.69. The molecule has 0 amide bonds. The predicted octanol–water partition coefficient (Wildman–Crippen LogP) is 4.03. The van der Waals surface area contributed by atoms with Gasteiger partial charge < -0.3 is 10.2 Å². The van der Waals surface area contributed by atoms with Crippen LogP contribution in [0.2, 0.25) is 0 Å². The quantitative estimate of drug-likeness (QED) is 0.888. The Hall–Kier alpha value is 0.1000. The van der Waals surface area contributed by atoms with Crippen LogP contribution in [-0.2, 0) is 0 Å². The van der Waals surface area contributed by atoms with Gasteiger partial charge >= 0.3 is 0 Å². The largest absolute Gasteiger partial charge is 0.309 e. The molecule has 106 valence electrons. The molecule has 2 aliphatic rings. The number of thiophene rings is 1. The van der Waals surface area contributed by atoms with Crippen molar-refractivity contribution in [1.29, 1.82) is 0 Å². The van der Waals surface area contributed by atoms with E-state index in [4.69, 9.17) is 0 Å². The first-order valence-corrected chi connectivity index (χ1v) is 9.00. The molecule has 0 spiro atoms. The van der Waals surface area contributed by atoms with Crippen molar-refractivity contribution in [2.75, 3.05) is 13.6 Å². The first-order valence-electron chi connectivity index (χ1n) is 7.32. The van der Waals surface area contributed by atoms with E-state index in [1.165, 1.54) is 41.6 Å². The third-order valence-corrected chi connectivity index (χ3v) is 6.80. The van der Waals surface area contributed by atoms with Crippen molar-refractivity contribution in [3.05, 3.63) is 20.8 Å². The predicted molar refractivity (Wildman–Crippen MR) is 85.7 cm³/mol. The van der Waals surface area contributed by atoms with E-state index in [0.29, 0.717) is 6.04 Å². The summed E-state index contributed by atoms with van der Waals surface area (Å²) in [4.78, 5) is 4.05. The van der Waals surface area contributed by atoms with Crippen molar-refractivity contribution in [1.82, 2.24) is 10.2 Å². The molecule has 0 saturated carbocycles. The van der Waals surface area contributed by atoms with Crippen LogP contribution < -0.4 is 5.32 Å². The van der Waals surface area contributed by atoms with Crippen molar-refractivity contribution in [3.63, 3.8) is 0 Å². The van der Waals surface area contributed by atoms with Crippen molar-refractivity contribution >= 4 is 27.3 Å². The lowest BCUT2D eigenvalue weighted by molar-refractivity contribution is 0.131. The molecule has 2 aliphatic heterocycles. The Morgan fingerprint density at radius 1 is 1.42 bits per heavy atom. The zero-order valence-corrected chi connectivity index (χ0v) is 14.1. The smallest absolute Gasteiger partial charge is 0.0386 e. The third-order valence-electron chi connectivity index (χ3n) is 4.92. The van der Waals surface area contributed by atoms with E-state index in [-0.39, 0.29) is 0 Å². The number of rotatable bonds is 4. The minimum Gasteiger partial charge on any atom is -0.309 e. The maximum atomic E-state index is 3.74. The Morgan fingerprint density at radius 2 is 2.11 bits per heavy atom. The SMILES string of the molecule is CC(NCC1CC2CCC(C1)N2C)c1cc(Br)cs1. The second-order valence-electron chi connectivity index (χ2n) is 6.19. The number of nitrogens with zero attached hydrogens (tertiary/aromatic N) is 1. The minimum atomic E-state index is 0.480. The normalized spacial score (nSPS) is 32.7. The summed E-state index contributed by atoms with van der Waals surface area (Å²) in [5, 5.41) is 5.91. The molecule has 2 saturated heterocycles. The van der Waals surface area contributed by atoms with Gasteiger partial charge in [0.1, 0.15) is 0 Å².